The second-order valence-corrected chi connectivity index (χ2v) is 5.55. The lowest BCUT2D eigenvalue weighted by Gasteiger charge is -2.07. The van der Waals surface area contributed by atoms with E-state index in [0.29, 0.717) is 4.88 Å². The molecule has 0 aliphatic rings. The Bertz CT molecular complexity index is 650. The van der Waals surface area contributed by atoms with Crippen molar-refractivity contribution in [2.45, 2.75) is 0 Å². The van der Waals surface area contributed by atoms with Crippen LogP contribution in [0, 0.1) is 0 Å². The Morgan fingerprint density at radius 1 is 1.14 bits per heavy atom. The van der Waals surface area contributed by atoms with Crippen molar-refractivity contribution in [3.63, 3.8) is 0 Å². The Morgan fingerprint density at radius 2 is 1.95 bits per heavy atom. The summed E-state index contributed by atoms with van der Waals surface area (Å²) in [5, 5.41) is 12.2. The fourth-order valence-corrected chi connectivity index (χ4v) is 2.63. The van der Waals surface area contributed by atoms with Gasteiger partial charge in [0, 0.05) is 0 Å². The number of carboxylic acids is 1. The molecule has 9 heteroatoms. The molecule has 0 spiro atoms. The highest BCUT2D eigenvalue weighted by atomic mass is 32.1. The first-order chi connectivity index (χ1) is 10.1. The van der Waals surface area contributed by atoms with Crippen LogP contribution in [0.3, 0.4) is 0 Å². The van der Waals surface area contributed by atoms with Crippen LogP contribution in [0.2, 0.25) is 0 Å². The van der Waals surface area contributed by atoms with Crippen molar-refractivity contribution in [3.05, 3.63) is 38.7 Å². The van der Waals surface area contributed by atoms with E-state index in [0.717, 1.165) is 11.3 Å². The predicted molar refractivity (Wildman–Crippen MR) is 76.7 cm³/mol. The number of hydrogen-bond donors (Lipinski definition) is 3. The molecule has 0 fully saturated rings. The summed E-state index contributed by atoms with van der Waals surface area (Å²) >= 11 is 2.24. The summed E-state index contributed by atoms with van der Waals surface area (Å²) in [7, 11) is 0. The first-order valence-electron chi connectivity index (χ1n) is 5.64. The smallest absolute Gasteiger partial charge is 0.349 e. The molecular weight excluding hydrogens is 316 g/mol. The van der Waals surface area contributed by atoms with Gasteiger partial charge in [0.05, 0.1) is 4.88 Å². The number of hydrogen-bond acceptors (Lipinski definition) is 6. The van der Waals surface area contributed by atoms with Gasteiger partial charge in [-0.15, -0.1) is 22.7 Å². The standard InChI is InChI=1S/C12H10N2O5S2/c15-9(13-14-11(16)8-2-1-4-20-8)6-19-7-3-5-21-10(7)12(17)18/h1-5H,6H2,(H,13,15)(H,14,16)(H,17,18). The summed E-state index contributed by atoms with van der Waals surface area (Å²) in [5.41, 5.74) is 4.41. The maximum Gasteiger partial charge on any atom is 0.349 e. The fraction of sp³-hybridized carbons (Fsp3) is 0.0833. The maximum atomic E-state index is 11.6. The number of carbonyl (C=O) groups excluding carboxylic acids is 2. The van der Waals surface area contributed by atoms with E-state index in [1.807, 2.05) is 0 Å². The van der Waals surface area contributed by atoms with Gasteiger partial charge < -0.3 is 9.84 Å². The van der Waals surface area contributed by atoms with Gasteiger partial charge in [-0.3, -0.25) is 20.4 Å². The lowest BCUT2D eigenvalue weighted by molar-refractivity contribution is -0.123. The molecule has 21 heavy (non-hydrogen) atoms. The summed E-state index contributed by atoms with van der Waals surface area (Å²) in [5.74, 6) is -2.03. The average Bonchev–Trinajstić information content (AvgIpc) is 3.12. The highest BCUT2D eigenvalue weighted by Gasteiger charge is 2.14. The summed E-state index contributed by atoms with van der Waals surface area (Å²) < 4.78 is 5.09. The summed E-state index contributed by atoms with van der Waals surface area (Å²) in [6.07, 6.45) is 0. The number of carbonyl (C=O) groups is 3. The largest absolute Gasteiger partial charge is 0.482 e. The maximum absolute atomic E-state index is 11.6. The number of carboxylic acid groups (broad SMARTS) is 1. The van der Waals surface area contributed by atoms with Crippen LogP contribution in [0.4, 0.5) is 0 Å². The first-order valence-corrected chi connectivity index (χ1v) is 7.40. The molecule has 2 rings (SSSR count). The number of hydrazine groups is 1. The third kappa shape index (κ3) is 4.04. The average molecular weight is 326 g/mol. The van der Waals surface area contributed by atoms with Gasteiger partial charge in [0.2, 0.25) is 0 Å². The highest BCUT2D eigenvalue weighted by Crippen LogP contribution is 2.24. The van der Waals surface area contributed by atoms with Gasteiger partial charge in [-0.05, 0) is 22.9 Å². The Labute approximate surface area is 127 Å². The van der Waals surface area contributed by atoms with Crippen LogP contribution < -0.4 is 15.6 Å². The van der Waals surface area contributed by atoms with E-state index >= 15 is 0 Å². The molecule has 7 nitrogen and oxygen atoms in total. The van der Waals surface area contributed by atoms with E-state index in [1.165, 1.54) is 17.4 Å². The van der Waals surface area contributed by atoms with Gasteiger partial charge in [-0.1, -0.05) is 6.07 Å². The Kier molecular flexibility index (Phi) is 4.90. The molecule has 0 aliphatic carbocycles. The van der Waals surface area contributed by atoms with Crippen LogP contribution >= 0.6 is 22.7 Å². The van der Waals surface area contributed by atoms with Crippen molar-refractivity contribution < 1.29 is 24.2 Å². The van der Waals surface area contributed by atoms with Crippen molar-refractivity contribution in [1.82, 2.24) is 10.9 Å². The molecule has 0 saturated heterocycles. The van der Waals surface area contributed by atoms with Crippen molar-refractivity contribution >= 4 is 40.5 Å². The lowest BCUT2D eigenvalue weighted by atomic mass is 10.4. The van der Waals surface area contributed by atoms with E-state index in [4.69, 9.17) is 9.84 Å². The zero-order valence-corrected chi connectivity index (χ0v) is 12.1. The minimum atomic E-state index is -1.12. The third-order valence-electron chi connectivity index (χ3n) is 2.24. The predicted octanol–water partition coefficient (Wildman–Crippen LogP) is 1.35. The van der Waals surface area contributed by atoms with Crippen molar-refractivity contribution in [3.8, 4) is 5.75 Å². The minimum Gasteiger partial charge on any atom is -0.482 e. The minimum absolute atomic E-state index is 0.0189. The van der Waals surface area contributed by atoms with E-state index in [-0.39, 0.29) is 10.6 Å². The van der Waals surface area contributed by atoms with Gasteiger partial charge in [0.15, 0.2) is 11.5 Å². The monoisotopic (exact) mass is 326 g/mol. The van der Waals surface area contributed by atoms with Gasteiger partial charge >= 0.3 is 5.97 Å². The topological polar surface area (TPSA) is 105 Å². The molecule has 0 aromatic carbocycles. The van der Waals surface area contributed by atoms with Crippen LogP contribution in [-0.4, -0.2) is 29.5 Å². The van der Waals surface area contributed by atoms with E-state index < -0.39 is 24.4 Å². The highest BCUT2D eigenvalue weighted by molar-refractivity contribution is 7.12. The molecule has 2 heterocycles. The summed E-state index contributed by atoms with van der Waals surface area (Å²) in [6.45, 7) is -0.401. The number of nitrogens with one attached hydrogen (secondary N) is 2. The Morgan fingerprint density at radius 3 is 2.62 bits per heavy atom. The third-order valence-corrected chi connectivity index (χ3v) is 3.99. The zero-order chi connectivity index (χ0) is 15.2. The number of thiophene rings is 2. The SMILES string of the molecule is O=C(COc1ccsc1C(=O)O)NNC(=O)c1cccs1. The molecule has 0 atom stereocenters. The number of aromatic carboxylic acids is 1. The normalized spacial score (nSPS) is 9.90. The second kappa shape index (κ2) is 6.86. The van der Waals surface area contributed by atoms with Gasteiger partial charge in [-0.2, -0.15) is 0 Å². The van der Waals surface area contributed by atoms with Crippen molar-refractivity contribution in [2.75, 3.05) is 6.61 Å². The van der Waals surface area contributed by atoms with Crippen LogP contribution in [0.15, 0.2) is 29.0 Å². The molecule has 2 amide bonds. The van der Waals surface area contributed by atoms with Crippen molar-refractivity contribution in [2.24, 2.45) is 0 Å². The molecular formula is C12H10N2O5S2. The van der Waals surface area contributed by atoms with E-state index in [2.05, 4.69) is 10.9 Å². The van der Waals surface area contributed by atoms with Gasteiger partial charge in [0.1, 0.15) is 5.75 Å². The molecule has 2 aromatic rings. The van der Waals surface area contributed by atoms with E-state index in [1.54, 1.807) is 22.9 Å². The first kappa shape index (κ1) is 15.0. The zero-order valence-electron chi connectivity index (χ0n) is 10.5. The molecule has 0 aliphatic heterocycles. The molecule has 0 radical (unpaired) electrons. The van der Waals surface area contributed by atoms with Crippen molar-refractivity contribution in [1.29, 1.82) is 0 Å². The Hall–Kier alpha value is -2.39. The van der Waals surface area contributed by atoms with Gasteiger partial charge in [-0.25, -0.2) is 4.79 Å². The molecule has 0 bridgehead atoms. The molecule has 110 valence electrons. The number of amides is 2. The van der Waals surface area contributed by atoms with Crippen LogP contribution in [0.5, 0.6) is 5.75 Å². The van der Waals surface area contributed by atoms with Crippen LogP contribution in [-0.2, 0) is 4.79 Å². The molecule has 3 N–H and O–H groups in total. The van der Waals surface area contributed by atoms with Gasteiger partial charge in [0.25, 0.3) is 11.8 Å². The summed E-state index contributed by atoms with van der Waals surface area (Å²) in [4.78, 5) is 34.4. The number of ether oxygens (including phenoxy) is 1. The van der Waals surface area contributed by atoms with E-state index in [9.17, 15) is 14.4 Å². The fourth-order valence-electron chi connectivity index (χ4n) is 1.34. The quantitative estimate of drug-likeness (QED) is 0.719. The van der Waals surface area contributed by atoms with Crippen LogP contribution in [0.1, 0.15) is 19.3 Å². The Balaban J connectivity index is 1.79. The molecule has 0 unspecified atom stereocenters. The van der Waals surface area contributed by atoms with Crippen LogP contribution in [0.25, 0.3) is 0 Å². The number of rotatable bonds is 5. The molecule has 0 saturated carbocycles. The summed E-state index contributed by atoms with van der Waals surface area (Å²) in [6, 6.07) is 4.80. The lowest BCUT2D eigenvalue weighted by Crippen LogP contribution is -2.43. The molecule has 2 aromatic heterocycles. The second-order valence-electron chi connectivity index (χ2n) is 3.69.